The monoisotopic (exact) mass is 413 g/mol. The highest BCUT2D eigenvalue weighted by Gasteiger charge is 2.23. The van der Waals surface area contributed by atoms with Gasteiger partial charge >= 0.3 is 0 Å². The van der Waals surface area contributed by atoms with E-state index in [2.05, 4.69) is 5.10 Å². The molecule has 6 nitrogen and oxygen atoms in total. The molecule has 0 saturated carbocycles. The van der Waals surface area contributed by atoms with Gasteiger partial charge < -0.3 is 14.4 Å². The normalized spacial score (nSPS) is 10.7. The minimum Gasteiger partial charge on any atom is -0.493 e. The molecule has 1 aromatic heterocycles. The van der Waals surface area contributed by atoms with Crippen molar-refractivity contribution in [1.82, 2.24) is 14.7 Å². The Morgan fingerprint density at radius 2 is 1.79 bits per heavy atom. The predicted molar refractivity (Wildman–Crippen MR) is 114 cm³/mol. The van der Waals surface area contributed by atoms with E-state index < -0.39 is 0 Å². The van der Waals surface area contributed by atoms with E-state index in [1.165, 1.54) is 0 Å². The number of ether oxygens (including phenoxy) is 2. The molecule has 7 heteroatoms. The molecule has 2 aromatic carbocycles. The summed E-state index contributed by atoms with van der Waals surface area (Å²) in [7, 11) is 4.97. The van der Waals surface area contributed by atoms with Gasteiger partial charge in [0.25, 0.3) is 5.91 Å². The molecular formula is C22H24ClN3O3. The van der Waals surface area contributed by atoms with E-state index in [1.807, 2.05) is 48.5 Å². The second kappa shape index (κ2) is 9.01. The van der Waals surface area contributed by atoms with Gasteiger partial charge in [-0.1, -0.05) is 35.9 Å². The van der Waals surface area contributed by atoms with Gasteiger partial charge in [-0.05, 0) is 43.2 Å². The largest absolute Gasteiger partial charge is 0.493 e. The van der Waals surface area contributed by atoms with Crippen molar-refractivity contribution in [3.8, 4) is 17.2 Å². The highest BCUT2D eigenvalue weighted by molar-refractivity contribution is 6.33. The lowest BCUT2D eigenvalue weighted by atomic mass is 10.1. The highest BCUT2D eigenvalue weighted by Crippen LogP contribution is 2.28. The van der Waals surface area contributed by atoms with Crippen molar-refractivity contribution in [2.75, 3.05) is 27.8 Å². The predicted octanol–water partition coefficient (Wildman–Crippen LogP) is 4.17. The summed E-state index contributed by atoms with van der Waals surface area (Å²) in [5, 5.41) is 4.77. The molecule has 29 heavy (non-hydrogen) atoms. The maximum absolute atomic E-state index is 13.0. The number of amides is 1. The van der Waals surface area contributed by atoms with E-state index in [4.69, 9.17) is 21.1 Å². The first-order chi connectivity index (χ1) is 14.0. The lowest BCUT2D eigenvalue weighted by Crippen LogP contribution is -2.29. The molecule has 0 saturated heterocycles. The molecule has 1 amide bonds. The molecule has 0 aliphatic rings. The van der Waals surface area contributed by atoms with E-state index in [9.17, 15) is 4.79 Å². The van der Waals surface area contributed by atoms with Crippen LogP contribution in [0.1, 0.15) is 21.6 Å². The van der Waals surface area contributed by atoms with Crippen molar-refractivity contribution < 1.29 is 14.3 Å². The molecule has 1 heterocycles. The van der Waals surface area contributed by atoms with E-state index in [0.29, 0.717) is 40.9 Å². The number of aryl methyl sites for hydroxylation is 1. The van der Waals surface area contributed by atoms with Gasteiger partial charge in [-0.25, -0.2) is 4.68 Å². The molecule has 0 spiro atoms. The molecule has 0 fully saturated rings. The number of hydrogen-bond donors (Lipinski definition) is 0. The third-order valence-corrected chi connectivity index (χ3v) is 5.10. The van der Waals surface area contributed by atoms with Crippen molar-refractivity contribution in [1.29, 1.82) is 0 Å². The summed E-state index contributed by atoms with van der Waals surface area (Å²) in [5.41, 5.74) is 2.88. The lowest BCUT2D eigenvalue weighted by molar-refractivity contribution is 0.0796. The Kier molecular flexibility index (Phi) is 6.44. The maximum atomic E-state index is 13.0. The van der Waals surface area contributed by atoms with Gasteiger partial charge in [-0.3, -0.25) is 4.79 Å². The van der Waals surface area contributed by atoms with Crippen LogP contribution in [-0.2, 0) is 6.42 Å². The summed E-state index contributed by atoms with van der Waals surface area (Å²) < 4.78 is 12.2. The Balaban J connectivity index is 1.75. The van der Waals surface area contributed by atoms with Crippen LogP contribution in [0.25, 0.3) is 5.69 Å². The third-order valence-electron chi connectivity index (χ3n) is 4.75. The van der Waals surface area contributed by atoms with Crippen LogP contribution < -0.4 is 9.47 Å². The molecule has 0 aliphatic carbocycles. The lowest BCUT2D eigenvalue weighted by Gasteiger charge is -2.18. The van der Waals surface area contributed by atoms with Gasteiger partial charge in [-0.15, -0.1) is 0 Å². The van der Waals surface area contributed by atoms with Crippen LogP contribution in [0.3, 0.4) is 0 Å². The van der Waals surface area contributed by atoms with E-state index in [-0.39, 0.29) is 5.91 Å². The Labute approximate surface area is 175 Å². The van der Waals surface area contributed by atoms with Crippen molar-refractivity contribution in [3.63, 3.8) is 0 Å². The van der Waals surface area contributed by atoms with E-state index in [0.717, 1.165) is 11.3 Å². The molecule has 0 radical (unpaired) electrons. The number of halogens is 1. The number of benzene rings is 2. The van der Waals surface area contributed by atoms with Crippen LogP contribution in [0.5, 0.6) is 11.5 Å². The molecule has 0 bridgehead atoms. The summed E-state index contributed by atoms with van der Waals surface area (Å²) in [6.07, 6.45) is 0.673. The second-order valence-electron chi connectivity index (χ2n) is 6.66. The number of carbonyl (C=O) groups excluding carboxylic acids is 1. The van der Waals surface area contributed by atoms with Gasteiger partial charge in [0.05, 0.1) is 31.2 Å². The summed E-state index contributed by atoms with van der Waals surface area (Å²) in [5.74, 6) is 1.19. The molecule has 0 atom stereocenters. The second-order valence-corrected chi connectivity index (χ2v) is 7.02. The van der Waals surface area contributed by atoms with Crippen molar-refractivity contribution in [2.24, 2.45) is 0 Å². The van der Waals surface area contributed by atoms with E-state index >= 15 is 0 Å². The maximum Gasteiger partial charge on any atom is 0.258 e. The smallest absolute Gasteiger partial charge is 0.258 e. The molecule has 0 unspecified atom stereocenters. The fourth-order valence-electron chi connectivity index (χ4n) is 3.11. The van der Waals surface area contributed by atoms with Gasteiger partial charge in [0.15, 0.2) is 11.5 Å². The first-order valence-corrected chi connectivity index (χ1v) is 9.61. The molecule has 3 aromatic rings. The molecule has 152 valence electrons. The highest BCUT2D eigenvalue weighted by atomic mass is 35.5. The number of aromatic nitrogens is 2. The Morgan fingerprint density at radius 1 is 1.10 bits per heavy atom. The fraction of sp³-hybridized carbons (Fsp3) is 0.273. The molecule has 3 rings (SSSR count). The average molecular weight is 414 g/mol. The summed E-state index contributed by atoms with van der Waals surface area (Å²) in [6.45, 7) is 2.32. The quantitative estimate of drug-likeness (QED) is 0.583. The third kappa shape index (κ3) is 4.38. The number of methoxy groups -OCH3 is 2. The van der Waals surface area contributed by atoms with Crippen LogP contribution in [0.2, 0.25) is 5.15 Å². The van der Waals surface area contributed by atoms with Gasteiger partial charge in [0.2, 0.25) is 0 Å². The number of hydrogen-bond acceptors (Lipinski definition) is 4. The Hall–Kier alpha value is -2.99. The van der Waals surface area contributed by atoms with Crippen molar-refractivity contribution in [3.05, 3.63) is 70.5 Å². The number of carbonyl (C=O) groups is 1. The minimum absolute atomic E-state index is 0.157. The standard InChI is InChI=1S/C22H24ClN3O3/c1-15-20(21(23)26(24-15)17-8-6-5-7-9-17)22(27)25(2)13-12-16-10-11-18(28-3)19(14-16)29-4/h5-11,14H,12-13H2,1-4H3. The number of rotatable bonds is 7. The molecule has 0 N–H and O–H groups in total. The SMILES string of the molecule is COc1ccc(CCN(C)C(=O)c2c(C)nn(-c3ccccc3)c2Cl)cc1OC. The van der Waals surface area contributed by atoms with Gasteiger partial charge in [-0.2, -0.15) is 5.10 Å². The van der Waals surface area contributed by atoms with E-state index in [1.54, 1.807) is 37.8 Å². The Morgan fingerprint density at radius 3 is 2.45 bits per heavy atom. The van der Waals surface area contributed by atoms with Crippen LogP contribution >= 0.6 is 11.6 Å². The number of para-hydroxylation sites is 1. The zero-order valence-electron chi connectivity index (χ0n) is 17.0. The summed E-state index contributed by atoms with van der Waals surface area (Å²) in [4.78, 5) is 14.7. The zero-order valence-corrected chi connectivity index (χ0v) is 17.7. The van der Waals surface area contributed by atoms with Gasteiger partial charge in [0, 0.05) is 13.6 Å². The Bertz CT molecular complexity index is 1000. The first kappa shape index (κ1) is 20.7. The number of likely N-dealkylation sites (N-methyl/N-ethyl adjacent to an activating group) is 1. The first-order valence-electron chi connectivity index (χ1n) is 9.23. The van der Waals surface area contributed by atoms with Crippen molar-refractivity contribution >= 4 is 17.5 Å². The molecular weight excluding hydrogens is 390 g/mol. The zero-order chi connectivity index (χ0) is 21.0. The van der Waals surface area contributed by atoms with Crippen LogP contribution in [0.15, 0.2) is 48.5 Å². The van der Waals surface area contributed by atoms with Gasteiger partial charge in [0.1, 0.15) is 5.15 Å². The van der Waals surface area contributed by atoms with Crippen molar-refractivity contribution in [2.45, 2.75) is 13.3 Å². The fourth-order valence-corrected chi connectivity index (χ4v) is 3.46. The number of nitrogens with zero attached hydrogens (tertiary/aromatic N) is 3. The average Bonchev–Trinajstić information content (AvgIpc) is 3.05. The van der Waals surface area contributed by atoms with Crippen LogP contribution in [-0.4, -0.2) is 48.4 Å². The van der Waals surface area contributed by atoms with Crippen LogP contribution in [0, 0.1) is 6.92 Å². The topological polar surface area (TPSA) is 56.6 Å². The minimum atomic E-state index is -0.157. The summed E-state index contributed by atoms with van der Waals surface area (Å²) in [6, 6.07) is 15.3. The van der Waals surface area contributed by atoms with Crippen LogP contribution in [0.4, 0.5) is 0 Å². The molecule has 0 aliphatic heterocycles. The summed E-state index contributed by atoms with van der Waals surface area (Å²) >= 11 is 6.52.